The molecule has 0 amide bonds. The van der Waals surface area contributed by atoms with Gasteiger partial charge in [-0.05, 0) is 62.6 Å². The van der Waals surface area contributed by atoms with E-state index in [0.717, 1.165) is 88.5 Å². The molecular weight excluding hydrogens is 598 g/mol. The Kier molecular flexibility index (Phi) is 11.1. The van der Waals surface area contributed by atoms with E-state index in [4.69, 9.17) is 23.7 Å². The van der Waals surface area contributed by atoms with Gasteiger partial charge in [0, 0.05) is 62.7 Å². The number of benzene rings is 1. The highest BCUT2D eigenvalue weighted by Gasteiger charge is 2.21. The van der Waals surface area contributed by atoms with Crippen molar-refractivity contribution in [1.82, 2.24) is 19.9 Å². The van der Waals surface area contributed by atoms with Gasteiger partial charge in [-0.3, -0.25) is 19.7 Å². The molecule has 11 nitrogen and oxygen atoms in total. The van der Waals surface area contributed by atoms with Gasteiger partial charge in [0.05, 0.1) is 51.2 Å². The Balaban J connectivity index is 1.06. The summed E-state index contributed by atoms with van der Waals surface area (Å²) in [5.74, 6) is 3.17. The number of Topliss-reactive ketones (excluding diaryl/α,β-unsaturated/α-hetero) is 1. The van der Waals surface area contributed by atoms with E-state index in [0.29, 0.717) is 47.1 Å². The number of ether oxygens (including phenoxy) is 5. The number of carbonyl (C=O) groups excluding carboxylic acids is 1. The fourth-order valence-electron chi connectivity index (χ4n) is 5.98. The second-order valence-electron chi connectivity index (χ2n) is 11.7. The number of hydrogen-bond donors (Lipinski definition) is 0. The maximum absolute atomic E-state index is 13.1. The molecule has 1 aromatic carbocycles. The molecule has 3 aromatic heterocycles. The maximum atomic E-state index is 13.1. The van der Waals surface area contributed by atoms with E-state index in [1.165, 1.54) is 0 Å². The van der Waals surface area contributed by atoms with Gasteiger partial charge in [-0.15, -0.1) is 0 Å². The molecule has 4 aromatic rings. The molecule has 2 aliphatic rings. The first-order valence-electron chi connectivity index (χ1n) is 16.5. The number of hydrogen-bond acceptors (Lipinski definition) is 11. The van der Waals surface area contributed by atoms with Crippen molar-refractivity contribution in [2.24, 2.45) is 0 Å². The average molecular weight is 642 g/mol. The highest BCUT2D eigenvalue weighted by molar-refractivity contribution is 5.96. The number of nitrogens with zero attached hydrogens (tertiary/aromatic N) is 5. The summed E-state index contributed by atoms with van der Waals surface area (Å²) in [6.45, 7) is 9.53. The van der Waals surface area contributed by atoms with E-state index < -0.39 is 0 Å². The number of ketones is 1. The molecule has 0 N–H and O–H groups in total. The molecule has 0 saturated carbocycles. The van der Waals surface area contributed by atoms with Crippen LogP contribution in [0, 0.1) is 0 Å². The summed E-state index contributed by atoms with van der Waals surface area (Å²) in [5.41, 5.74) is 1.81. The van der Waals surface area contributed by atoms with E-state index in [1.54, 1.807) is 31.6 Å². The number of rotatable bonds is 14. The third kappa shape index (κ3) is 8.54. The first-order valence-corrected chi connectivity index (χ1v) is 16.5. The van der Waals surface area contributed by atoms with Crippen LogP contribution >= 0.6 is 0 Å². The minimum Gasteiger partial charge on any atom is -0.493 e. The predicted molar refractivity (Wildman–Crippen MR) is 179 cm³/mol. The van der Waals surface area contributed by atoms with Crippen molar-refractivity contribution in [1.29, 1.82) is 0 Å². The molecule has 0 spiro atoms. The van der Waals surface area contributed by atoms with Crippen LogP contribution in [0.5, 0.6) is 23.0 Å². The van der Waals surface area contributed by atoms with Crippen molar-refractivity contribution in [3.8, 4) is 23.0 Å². The number of aromatic nitrogens is 3. The normalized spacial score (nSPS) is 15.9. The third-order valence-corrected chi connectivity index (χ3v) is 8.52. The predicted octanol–water partition coefficient (Wildman–Crippen LogP) is 5.36. The highest BCUT2D eigenvalue weighted by atomic mass is 16.5. The number of anilines is 1. The number of morpholine rings is 1. The van der Waals surface area contributed by atoms with Crippen molar-refractivity contribution in [3.05, 3.63) is 72.3 Å². The first-order chi connectivity index (χ1) is 23.1. The van der Waals surface area contributed by atoms with Gasteiger partial charge < -0.3 is 28.6 Å². The fourth-order valence-corrected chi connectivity index (χ4v) is 5.98. The van der Waals surface area contributed by atoms with Crippen LogP contribution in [0.1, 0.15) is 42.4 Å². The lowest BCUT2D eigenvalue weighted by Crippen LogP contribution is -2.37. The summed E-state index contributed by atoms with van der Waals surface area (Å²) >= 11 is 0. The Hall–Kier alpha value is -4.32. The molecule has 47 heavy (non-hydrogen) atoms. The van der Waals surface area contributed by atoms with E-state index >= 15 is 0 Å². The van der Waals surface area contributed by atoms with E-state index in [-0.39, 0.29) is 12.2 Å². The van der Waals surface area contributed by atoms with E-state index in [9.17, 15) is 4.79 Å². The molecule has 0 bridgehead atoms. The van der Waals surface area contributed by atoms with Crippen LogP contribution < -0.4 is 19.1 Å². The second-order valence-corrected chi connectivity index (χ2v) is 11.7. The second kappa shape index (κ2) is 16.0. The maximum Gasteiger partial charge on any atom is 0.187 e. The molecule has 6 rings (SSSR count). The van der Waals surface area contributed by atoms with Gasteiger partial charge in [0.1, 0.15) is 23.0 Å². The Morgan fingerprint density at radius 3 is 2.60 bits per heavy atom. The molecule has 248 valence electrons. The summed E-state index contributed by atoms with van der Waals surface area (Å²) in [5, 5.41) is 0.789. The summed E-state index contributed by atoms with van der Waals surface area (Å²) < 4.78 is 29.2. The number of pyridine rings is 3. The fraction of sp³-hybridized carbons (Fsp3) is 0.444. The first kappa shape index (κ1) is 32.6. The number of fused-ring (bicyclic) bond motifs is 1. The van der Waals surface area contributed by atoms with Crippen LogP contribution in [0.3, 0.4) is 0 Å². The Labute approximate surface area is 275 Å². The molecule has 5 heterocycles. The van der Waals surface area contributed by atoms with Gasteiger partial charge in [-0.1, -0.05) is 6.07 Å². The Morgan fingerprint density at radius 2 is 1.83 bits per heavy atom. The Morgan fingerprint density at radius 1 is 0.979 bits per heavy atom. The average Bonchev–Trinajstić information content (AvgIpc) is 3.11. The highest BCUT2D eigenvalue weighted by Crippen LogP contribution is 2.37. The largest absolute Gasteiger partial charge is 0.493 e. The topological polar surface area (TPSA) is 108 Å². The van der Waals surface area contributed by atoms with Crippen molar-refractivity contribution >= 4 is 22.5 Å². The van der Waals surface area contributed by atoms with Gasteiger partial charge in [-0.2, -0.15) is 0 Å². The molecule has 2 aliphatic heterocycles. The SMILES string of the molecule is CCOC1CCN(c2cccc(C(=O)Cc3ccc(Oc4ccnc5cc(OCCCN6CCOCC6)c(OC)cc45)cn3)n2)CC1. The number of carbonyl (C=O) groups is 1. The van der Waals surface area contributed by atoms with Crippen LogP contribution in [-0.2, 0) is 15.9 Å². The van der Waals surface area contributed by atoms with E-state index in [1.807, 2.05) is 43.3 Å². The number of piperidine rings is 1. The molecule has 0 aliphatic carbocycles. The van der Waals surface area contributed by atoms with Crippen molar-refractivity contribution in [2.45, 2.75) is 38.7 Å². The molecular formula is C36H43N5O6. The van der Waals surface area contributed by atoms with Gasteiger partial charge in [0.25, 0.3) is 0 Å². The summed E-state index contributed by atoms with van der Waals surface area (Å²) in [7, 11) is 1.63. The molecule has 0 radical (unpaired) electrons. The zero-order chi connectivity index (χ0) is 32.4. The molecule has 11 heteroatoms. The third-order valence-electron chi connectivity index (χ3n) is 8.52. The van der Waals surface area contributed by atoms with Crippen molar-refractivity contribution < 1.29 is 28.5 Å². The zero-order valence-electron chi connectivity index (χ0n) is 27.2. The standard InChI is InChI=1S/C36H43N5O6/c1-3-45-27-11-15-41(16-12-27)36-7-4-6-30(39-36)32(42)22-26-8-9-28(25-38-26)47-33-10-13-37-31-24-35(34(43-2)23-29(31)33)46-19-5-14-40-17-20-44-21-18-40/h4,6-10,13,23-25,27H,3,5,11-12,14-22H2,1-2H3. The quantitative estimate of drug-likeness (QED) is 0.131. The van der Waals surface area contributed by atoms with Crippen LogP contribution in [0.25, 0.3) is 10.9 Å². The van der Waals surface area contributed by atoms with Crippen molar-refractivity contribution in [2.75, 3.05) is 71.2 Å². The van der Waals surface area contributed by atoms with Gasteiger partial charge in [-0.25, -0.2) is 4.98 Å². The van der Waals surface area contributed by atoms with E-state index in [2.05, 4.69) is 24.8 Å². The molecule has 0 atom stereocenters. The minimum absolute atomic E-state index is 0.0800. The summed E-state index contributed by atoms with van der Waals surface area (Å²) in [6, 6.07) is 14.8. The van der Waals surface area contributed by atoms with Gasteiger partial charge >= 0.3 is 0 Å². The monoisotopic (exact) mass is 641 g/mol. The van der Waals surface area contributed by atoms with Crippen LogP contribution in [0.2, 0.25) is 0 Å². The zero-order valence-corrected chi connectivity index (χ0v) is 27.2. The van der Waals surface area contributed by atoms with Crippen LogP contribution in [0.15, 0.2) is 60.9 Å². The summed E-state index contributed by atoms with van der Waals surface area (Å²) in [6.07, 6.45) is 6.60. The summed E-state index contributed by atoms with van der Waals surface area (Å²) in [4.78, 5) is 31.5. The lowest BCUT2D eigenvalue weighted by molar-refractivity contribution is 0.0357. The smallest absolute Gasteiger partial charge is 0.187 e. The molecule has 2 saturated heterocycles. The lowest BCUT2D eigenvalue weighted by Gasteiger charge is -2.32. The Bertz CT molecular complexity index is 1620. The van der Waals surface area contributed by atoms with Gasteiger partial charge in [0.2, 0.25) is 0 Å². The molecule has 2 fully saturated rings. The lowest BCUT2D eigenvalue weighted by atomic mass is 10.1. The molecule has 0 unspecified atom stereocenters. The minimum atomic E-state index is -0.0800. The van der Waals surface area contributed by atoms with Crippen LogP contribution in [0.4, 0.5) is 5.82 Å². The van der Waals surface area contributed by atoms with Crippen LogP contribution in [-0.4, -0.2) is 98.0 Å². The van der Waals surface area contributed by atoms with Crippen molar-refractivity contribution in [3.63, 3.8) is 0 Å². The number of methoxy groups -OCH3 is 1. The van der Waals surface area contributed by atoms with Gasteiger partial charge in [0.15, 0.2) is 17.3 Å².